The van der Waals surface area contributed by atoms with Crippen LogP contribution in [0.3, 0.4) is 0 Å². The van der Waals surface area contributed by atoms with Crippen LogP contribution in [0.15, 0.2) is 12.2 Å². The number of aliphatic hydroxyl groups is 2. The zero-order chi connectivity index (χ0) is 7.56. The molecule has 0 fully saturated rings. The Kier molecular flexibility index (Phi) is 2.43. The molecular weight excluding hydrogens is 132 g/mol. The Morgan fingerprint density at radius 2 is 2.40 bits per heavy atom. The summed E-state index contributed by atoms with van der Waals surface area (Å²) in [5, 5.41) is 18.3. The van der Waals surface area contributed by atoms with E-state index >= 15 is 0 Å². The zero-order valence-electron chi connectivity index (χ0n) is 5.90. The minimum absolute atomic E-state index is 0.176. The SMILES string of the molecule is COC(O)[C@@H]1CC=C[C@@H]1O. The quantitative estimate of drug-likeness (QED) is 0.420. The summed E-state index contributed by atoms with van der Waals surface area (Å²) in [7, 11) is 1.43. The lowest BCUT2D eigenvalue weighted by molar-refractivity contribution is -0.129. The first-order valence-corrected chi connectivity index (χ1v) is 3.31. The topological polar surface area (TPSA) is 49.7 Å². The molecular formula is C7H12O3. The van der Waals surface area contributed by atoms with E-state index in [1.54, 1.807) is 6.08 Å². The summed E-state index contributed by atoms with van der Waals surface area (Å²) in [5.74, 6) is -0.176. The molecule has 10 heavy (non-hydrogen) atoms. The van der Waals surface area contributed by atoms with Gasteiger partial charge in [-0.2, -0.15) is 0 Å². The van der Waals surface area contributed by atoms with Gasteiger partial charge in [0.05, 0.1) is 6.10 Å². The van der Waals surface area contributed by atoms with E-state index in [9.17, 15) is 0 Å². The Balaban J connectivity index is 2.42. The van der Waals surface area contributed by atoms with Crippen molar-refractivity contribution in [2.75, 3.05) is 7.11 Å². The molecule has 1 rings (SSSR count). The molecule has 0 aromatic rings. The fraction of sp³-hybridized carbons (Fsp3) is 0.714. The molecule has 0 saturated carbocycles. The van der Waals surface area contributed by atoms with Gasteiger partial charge in [0.2, 0.25) is 0 Å². The minimum Gasteiger partial charge on any atom is -0.389 e. The molecule has 0 radical (unpaired) electrons. The fourth-order valence-corrected chi connectivity index (χ4v) is 1.12. The van der Waals surface area contributed by atoms with Crippen molar-refractivity contribution in [1.82, 2.24) is 0 Å². The van der Waals surface area contributed by atoms with Crippen LogP contribution in [0.2, 0.25) is 0 Å². The van der Waals surface area contributed by atoms with E-state index < -0.39 is 12.4 Å². The third kappa shape index (κ3) is 1.37. The van der Waals surface area contributed by atoms with Crippen molar-refractivity contribution in [2.24, 2.45) is 5.92 Å². The zero-order valence-corrected chi connectivity index (χ0v) is 5.90. The Morgan fingerprint density at radius 3 is 2.80 bits per heavy atom. The highest BCUT2D eigenvalue weighted by atomic mass is 16.6. The smallest absolute Gasteiger partial charge is 0.160 e. The number of methoxy groups -OCH3 is 1. The van der Waals surface area contributed by atoms with Crippen molar-refractivity contribution in [3.05, 3.63) is 12.2 Å². The average Bonchev–Trinajstić information content (AvgIpc) is 2.34. The van der Waals surface area contributed by atoms with Crippen LogP contribution in [-0.4, -0.2) is 29.7 Å². The van der Waals surface area contributed by atoms with Crippen LogP contribution in [0.5, 0.6) is 0 Å². The molecule has 58 valence electrons. The van der Waals surface area contributed by atoms with E-state index in [0.29, 0.717) is 6.42 Å². The van der Waals surface area contributed by atoms with Crippen molar-refractivity contribution in [1.29, 1.82) is 0 Å². The van der Waals surface area contributed by atoms with Crippen LogP contribution in [-0.2, 0) is 4.74 Å². The number of aliphatic hydroxyl groups excluding tert-OH is 2. The lowest BCUT2D eigenvalue weighted by Gasteiger charge is -2.19. The molecule has 3 atom stereocenters. The second-order valence-electron chi connectivity index (χ2n) is 2.44. The molecule has 0 saturated heterocycles. The maximum absolute atomic E-state index is 9.16. The predicted octanol–water partition coefficient (Wildman–Crippen LogP) is -0.112. The molecule has 1 aliphatic carbocycles. The number of ether oxygens (including phenoxy) is 1. The van der Waals surface area contributed by atoms with E-state index in [2.05, 4.69) is 4.74 Å². The van der Waals surface area contributed by atoms with Crippen LogP contribution in [0.25, 0.3) is 0 Å². The Hall–Kier alpha value is -0.380. The van der Waals surface area contributed by atoms with Gasteiger partial charge in [0.1, 0.15) is 0 Å². The number of allylic oxidation sites excluding steroid dienone is 1. The monoisotopic (exact) mass is 144 g/mol. The molecule has 2 N–H and O–H groups in total. The molecule has 3 heteroatoms. The van der Waals surface area contributed by atoms with E-state index in [1.807, 2.05) is 6.08 Å². The third-order valence-electron chi connectivity index (χ3n) is 1.79. The Bertz CT molecular complexity index is 133. The molecule has 1 aliphatic rings. The van der Waals surface area contributed by atoms with Gasteiger partial charge >= 0.3 is 0 Å². The summed E-state index contributed by atoms with van der Waals surface area (Å²) in [5.41, 5.74) is 0. The van der Waals surface area contributed by atoms with E-state index in [1.165, 1.54) is 7.11 Å². The minimum atomic E-state index is -0.843. The second kappa shape index (κ2) is 3.14. The summed E-state index contributed by atoms with van der Waals surface area (Å²) in [4.78, 5) is 0. The number of rotatable bonds is 2. The van der Waals surface area contributed by atoms with E-state index in [0.717, 1.165) is 0 Å². The van der Waals surface area contributed by atoms with E-state index in [4.69, 9.17) is 10.2 Å². The standard InChI is InChI=1S/C7H12O3/c1-10-7(9)5-3-2-4-6(5)8/h2,4-9H,3H2,1H3/t5-,6+,7?/m1/s1. The molecule has 1 unspecified atom stereocenters. The molecule has 0 spiro atoms. The van der Waals surface area contributed by atoms with Crippen molar-refractivity contribution >= 4 is 0 Å². The Morgan fingerprint density at radius 1 is 1.70 bits per heavy atom. The largest absolute Gasteiger partial charge is 0.389 e. The number of hydrogen-bond acceptors (Lipinski definition) is 3. The van der Waals surface area contributed by atoms with Gasteiger partial charge in [-0.05, 0) is 6.42 Å². The molecule has 0 bridgehead atoms. The van der Waals surface area contributed by atoms with Gasteiger partial charge in [-0.15, -0.1) is 0 Å². The van der Waals surface area contributed by atoms with E-state index in [-0.39, 0.29) is 5.92 Å². The van der Waals surface area contributed by atoms with Crippen molar-refractivity contribution in [2.45, 2.75) is 18.8 Å². The average molecular weight is 144 g/mol. The van der Waals surface area contributed by atoms with Gasteiger partial charge in [-0.25, -0.2) is 0 Å². The van der Waals surface area contributed by atoms with Crippen molar-refractivity contribution < 1.29 is 14.9 Å². The van der Waals surface area contributed by atoms with Gasteiger partial charge in [-0.3, -0.25) is 0 Å². The summed E-state index contributed by atoms with van der Waals surface area (Å²) >= 11 is 0. The van der Waals surface area contributed by atoms with Crippen molar-refractivity contribution in [3.8, 4) is 0 Å². The maximum Gasteiger partial charge on any atom is 0.160 e. The molecule has 0 aliphatic heterocycles. The lowest BCUT2D eigenvalue weighted by Crippen LogP contribution is -2.28. The molecule has 0 aromatic carbocycles. The van der Waals surface area contributed by atoms with Crippen LogP contribution < -0.4 is 0 Å². The molecule has 0 heterocycles. The van der Waals surface area contributed by atoms with Gasteiger partial charge in [-0.1, -0.05) is 12.2 Å². The second-order valence-corrected chi connectivity index (χ2v) is 2.44. The van der Waals surface area contributed by atoms with Crippen LogP contribution in [0, 0.1) is 5.92 Å². The summed E-state index contributed by atoms with van der Waals surface area (Å²) in [6, 6.07) is 0. The van der Waals surface area contributed by atoms with Crippen LogP contribution in [0.1, 0.15) is 6.42 Å². The first kappa shape index (κ1) is 7.72. The van der Waals surface area contributed by atoms with Gasteiger partial charge in [0, 0.05) is 13.0 Å². The molecule has 3 nitrogen and oxygen atoms in total. The third-order valence-corrected chi connectivity index (χ3v) is 1.79. The highest BCUT2D eigenvalue weighted by Gasteiger charge is 2.27. The van der Waals surface area contributed by atoms with Crippen molar-refractivity contribution in [3.63, 3.8) is 0 Å². The summed E-state index contributed by atoms with van der Waals surface area (Å²) < 4.78 is 4.66. The number of hydrogen-bond donors (Lipinski definition) is 2. The van der Waals surface area contributed by atoms with Crippen LogP contribution in [0.4, 0.5) is 0 Å². The molecule has 0 aromatic heterocycles. The van der Waals surface area contributed by atoms with Gasteiger partial charge < -0.3 is 14.9 Å². The van der Waals surface area contributed by atoms with Gasteiger partial charge in [0.25, 0.3) is 0 Å². The summed E-state index contributed by atoms with van der Waals surface area (Å²) in [6.07, 6.45) is 2.82. The highest BCUT2D eigenvalue weighted by Crippen LogP contribution is 2.22. The van der Waals surface area contributed by atoms with Gasteiger partial charge in [0.15, 0.2) is 6.29 Å². The fourth-order valence-electron chi connectivity index (χ4n) is 1.12. The maximum atomic E-state index is 9.16. The highest BCUT2D eigenvalue weighted by molar-refractivity contribution is 5.02. The molecule has 0 amide bonds. The Labute approximate surface area is 59.9 Å². The lowest BCUT2D eigenvalue weighted by atomic mass is 10.1. The normalized spacial score (nSPS) is 34.7. The summed E-state index contributed by atoms with van der Waals surface area (Å²) in [6.45, 7) is 0. The first-order valence-electron chi connectivity index (χ1n) is 3.31. The van der Waals surface area contributed by atoms with Crippen LogP contribution >= 0.6 is 0 Å². The first-order chi connectivity index (χ1) is 4.75. The predicted molar refractivity (Wildman–Crippen MR) is 36.3 cm³/mol.